The molecule has 172 valence electrons. The van der Waals surface area contributed by atoms with E-state index in [0.717, 1.165) is 6.07 Å². The van der Waals surface area contributed by atoms with E-state index >= 15 is 0 Å². The van der Waals surface area contributed by atoms with E-state index < -0.39 is 36.0 Å². The molecule has 1 aromatic heterocycles. The van der Waals surface area contributed by atoms with Crippen LogP contribution in [-0.4, -0.2) is 35.0 Å². The van der Waals surface area contributed by atoms with E-state index in [1.165, 1.54) is 38.2 Å². The predicted molar refractivity (Wildman–Crippen MR) is 111 cm³/mol. The molecule has 1 aromatic carbocycles. The summed E-state index contributed by atoms with van der Waals surface area (Å²) in [5.74, 6) is -2.76. The molecule has 1 amide bonds. The minimum Gasteiger partial charge on any atom is -0.434 e. The van der Waals surface area contributed by atoms with Gasteiger partial charge in [-0.15, -0.1) is 0 Å². The van der Waals surface area contributed by atoms with Gasteiger partial charge >= 0.3 is 6.61 Å². The number of nitrogens with zero attached hydrogens (tertiary/aromatic N) is 1. The van der Waals surface area contributed by atoms with Crippen LogP contribution in [0, 0.1) is 18.7 Å². The highest BCUT2D eigenvalue weighted by Gasteiger charge is 2.51. The molecule has 3 atom stereocenters. The minimum atomic E-state index is -3.16. The highest BCUT2D eigenvalue weighted by Crippen LogP contribution is 2.49. The van der Waals surface area contributed by atoms with Gasteiger partial charge in [0.05, 0.1) is 5.60 Å². The maximum Gasteiger partial charge on any atom is 0.387 e. The Balaban J connectivity index is 2.01. The van der Waals surface area contributed by atoms with Crippen molar-refractivity contribution >= 4 is 17.4 Å². The number of benzene rings is 1. The Hall–Kier alpha value is -2.94. The van der Waals surface area contributed by atoms with Crippen molar-refractivity contribution in [1.82, 2.24) is 4.98 Å². The molecule has 9 heteroatoms. The van der Waals surface area contributed by atoms with Gasteiger partial charge in [-0.2, -0.15) is 8.78 Å². The first-order valence-electron chi connectivity index (χ1n) is 10.1. The molecular weight excluding hydrogens is 425 g/mol. The largest absolute Gasteiger partial charge is 0.434 e. The zero-order valence-corrected chi connectivity index (χ0v) is 18.4. The van der Waals surface area contributed by atoms with Gasteiger partial charge in [-0.1, -0.05) is 13.0 Å². The Labute approximate surface area is 184 Å². The van der Waals surface area contributed by atoms with Crippen molar-refractivity contribution in [2.24, 2.45) is 5.92 Å². The first-order valence-corrected chi connectivity index (χ1v) is 10.1. The van der Waals surface area contributed by atoms with Gasteiger partial charge in [-0.05, 0) is 44.9 Å². The number of hydrogen-bond acceptors (Lipinski definition) is 5. The quantitative estimate of drug-likeness (QED) is 0.636. The number of amides is 1. The molecule has 6 nitrogen and oxygen atoms in total. The molecule has 1 aliphatic heterocycles. The Kier molecular flexibility index (Phi) is 6.59. The second-order valence-electron chi connectivity index (χ2n) is 8.40. The van der Waals surface area contributed by atoms with Gasteiger partial charge in [0, 0.05) is 35.9 Å². The zero-order chi connectivity index (χ0) is 23.8. The second kappa shape index (κ2) is 8.90. The Morgan fingerprint density at radius 2 is 1.94 bits per heavy atom. The third-order valence-electron chi connectivity index (χ3n) is 5.98. The van der Waals surface area contributed by atoms with Crippen LogP contribution in [0.5, 0.6) is 5.75 Å². The van der Waals surface area contributed by atoms with Gasteiger partial charge < -0.3 is 14.8 Å². The van der Waals surface area contributed by atoms with E-state index in [4.69, 9.17) is 4.74 Å². The summed E-state index contributed by atoms with van der Waals surface area (Å²) in [5.41, 5.74) is -0.0584. The molecule has 0 radical (unpaired) electrons. The van der Waals surface area contributed by atoms with Gasteiger partial charge in [-0.3, -0.25) is 14.6 Å². The van der Waals surface area contributed by atoms with Crippen LogP contribution in [0.15, 0.2) is 30.5 Å². The first-order chi connectivity index (χ1) is 14.9. The number of ketones is 1. The molecule has 1 aliphatic rings. The van der Waals surface area contributed by atoms with Gasteiger partial charge in [0.25, 0.3) is 5.91 Å². The smallest absolute Gasteiger partial charge is 0.387 e. The highest BCUT2D eigenvalue weighted by molar-refractivity contribution is 5.97. The van der Waals surface area contributed by atoms with E-state index in [1.807, 2.05) is 6.92 Å². The van der Waals surface area contributed by atoms with Crippen LogP contribution >= 0.6 is 0 Å². The lowest BCUT2D eigenvalue weighted by Gasteiger charge is -2.26. The second-order valence-corrected chi connectivity index (χ2v) is 8.40. The Morgan fingerprint density at radius 3 is 2.56 bits per heavy atom. The van der Waals surface area contributed by atoms with Crippen LogP contribution < -0.4 is 10.1 Å². The van der Waals surface area contributed by atoms with Crippen LogP contribution in [0.2, 0.25) is 0 Å². The van der Waals surface area contributed by atoms with E-state index in [9.17, 15) is 22.8 Å². The maximum absolute atomic E-state index is 14.1. The highest BCUT2D eigenvalue weighted by atomic mass is 19.3. The number of ether oxygens (including phenoxy) is 2. The molecule has 0 unspecified atom stereocenters. The van der Waals surface area contributed by atoms with Crippen molar-refractivity contribution in [1.29, 1.82) is 0 Å². The molecule has 0 aliphatic carbocycles. The average Bonchev–Trinajstić information content (AvgIpc) is 2.95. The van der Waals surface area contributed by atoms with Crippen molar-refractivity contribution in [2.75, 3.05) is 5.32 Å². The number of anilines is 1. The molecule has 1 N–H and O–H groups in total. The van der Waals surface area contributed by atoms with Gasteiger partial charge in [-0.25, -0.2) is 4.39 Å². The van der Waals surface area contributed by atoms with Crippen LogP contribution in [0.1, 0.15) is 55.2 Å². The van der Waals surface area contributed by atoms with Crippen molar-refractivity contribution < 1.29 is 32.2 Å². The van der Waals surface area contributed by atoms with Crippen molar-refractivity contribution in [3.05, 3.63) is 53.1 Å². The van der Waals surface area contributed by atoms with Crippen molar-refractivity contribution in [2.45, 2.75) is 58.9 Å². The van der Waals surface area contributed by atoms with Crippen LogP contribution in [0.4, 0.5) is 18.9 Å². The van der Waals surface area contributed by atoms with E-state index in [2.05, 4.69) is 15.0 Å². The first kappa shape index (κ1) is 23.7. The summed E-state index contributed by atoms with van der Waals surface area (Å²) in [6.45, 7) is 4.97. The number of aromatic nitrogens is 1. The number of nitrogens with one attached hydrogen (secondary N) is 1. The monoisotopic (exact) mass is 450 g/mol. The molecule has 0 saturated carbocycles. The lowest BCUT2D eigenvalue weighted by atomic mass is 9.77. The van der Waals surface area contributed by atoms with E-state index in [-0.39, 0.29) is 34.3 Å². The molecule has 1 saturated heterocycles. The van der Waals surface area contributed by atoms with E-state index in [0.29, 0.717) is 5.69 Å². The molecule has 2 heterocycles. The van der Waals surface area contributed by atoms with Gasteiger partial charge in [0.2, 0.25) is 0 Å². The van der Waals surface area contributed by atoms with E-state index in [1.54, 1.807) is 13.8 Å². The number of rotatable bonds is 6. The summed E-state index contributed by atoms with van der Waals surface area (Å²) in [6.07, 6.45) is 0.322. The number of halogens is 3. The molecule has 3 rings (SSSR count). The number of hydrogen-bond donors (Lipinski definition) is 1. The lowest BCUT2D eigenvalue weighted by molar-refractivity contribution is -0.131. The lowest BCUT2D eigenvalue weighted by Crippen LogP contribution is -2.33. The zero-order valence-electron chi connectivity index (χ0n) is 18.4. The van der Waals surface area contributed by atoms with Crippen LogP contribution in [0.25, 0.3) is 0 Å². The summed E-state index contributed by atoms with van der Waals surface area (Å²) in [5, 5.41) is 2.70. The number of Topliss-reactive ketones (excluding diaryl/α,β-unsaturated/α-hetero) is 1. The molecule has 32 heavy (non-hydrogen) atoms. The van der Waals surface area contributed by atoms with Crippen LogP contribution in [-0.2, 0) is 9.53 Å². The number of carbonyl (C=O) groups excluding carboxylic acids is 2. The normalized spacial score (nSPS) is 22.1. The molecule has 0 spiro atoms. The number of alkyl halides is 2. The minimum absolute atomic E-state index is 0.0703. The third kappa shape index (κ3) is 4.62. The number of pyridine rings is 1. The Morgan fingerprint density at radius 1 is 1.25 bits per heavy atom. The SMILES string of the molecule is CC(=O)c1cc(NC(=O)[C@@H]2OC(C)(C)[C@H](C)[C@H]2c2ccc(F)c(C)c2OC(F)F)ccn1. The van der Waals surface area contributed by atoms with Crippen molar-refractivity contribution in [3.8, 4) is 5.75 Å². The fraction of sp³-hybridized carbons (Fsp3) is 0.435. The molecule has 2 aromatic rings. The van der Waals surface area contributed by atoms with Gasteiger partial charge in [0.15, 0.2) is 5.78 Å². The average molecular weight is 450 g/mol. The Bertz CT molecular complexity index is 1040. The molecule has 1 fully saturated rings. The maximum atomic E-state index is 14.1. The summed E-state index contributed by atoms with van der Waals surface area (Å²) < 4.78 is 51.0. The summed E-state index contributed by atoms with van der Waals surface area (Å²) >= 11 is 0. The molecule has 0 bridgehead atoms. The third-order valence-corrected chi connectivity index (χ3v) is 5.98. The standard InChI is InChI=1S/C23H25F3N2O4/c1-11-16(24)7-6-15(19(11)31-22(25)26)18-12(2)23(4,5)32-20(18)21(30)28-14-8-9-27-17(10-14)13(3)29/h6-10,12,18,20,22H,1-5H3,(H,27,28,30)/t12-,18+,20-/m1/s1. The van der Waals surface area contributed by atoms with Gasteiger partial charge in [0.1, 0.15) is 23.4 Å². The topological polar surface area (TPSA) is 77.5 Å². The number of carbonyl (C=O) groups is 2. The fourth-order valence-corrected chi connectivity index (χ4v) is 3.96. The van der Waals surface area contributed by atoms with Crippen molar-refractivity contribution in [3.63, 3.8) is 0 Å². The van der Waals surface area contributed by atoms with Crippen LogP contribution in [0.3, 0.4) is 0 Å². The molecular formula is C23H25F3N2O4. The summed E-state index contributed by atoms with van der Waals surface area (Å²) in [4.78, 5) is 28.7. The summed E-state index contributed by atoms with van der Waals surface area (Å²) in [6, 6.07) is 5.48. The summed E-state index contributed by atoms with van der Waals surface area (Å²) in [7, 11) is 0. The fourth-order valence-electron chi connectivity index (χ4n) is 3.96. The predicted octanol–water partition coefficient (Wildman–Crippen LogP) is 4.87.